The Morgan fingerprint density at radius 3 is 2.44 bits per heavy atom. The summed E-state index contributed by atoms with van der Waals surface area (Å²) in [6, 6.07) is 21.6. The summed E-state index contributed by atoms with van der Waals surface area (Å²) in [4.78, 5) is 9.18. The summed E-state index contributed by atoms with van der Waals surface area (Å²) >= 11 is 1.58. The lowest BCUT2D eigenvalue weighted by Crippen LogP contribution is -1.90. The standard InChI is InChI=1S/C21H16N2OS/c24-18-8-6-17(7-9-18)20-14-25-21(23-20)19-13-16(10-11-22-19)12-15-4-2-1-3-5-15/h1-11,13-14,24H,12H2. The predicted octanol–water partition coefficient (Wildman–Crippen LogP) is 5.17. The highest BCUT2D eigenvalue weighted by atomic mass is 32.1. The summed E-state index contributed by atoms with van der Waals surface area (Å²) in [5.41, 5.74) is 5.28. The molecule has 3 nitrogen and oxygen atoms in total. The van der Waals surface area contributed by atoms with Crippen molar-refractivity contribution >= 4 is 11.3 Å². The van der Waals surface area contributed by atoms with Crippen molar-refractivity contribution in [2.24, 2.45) is 0 Å². The molecular formula is C21H16N2OS. The number of hydrogen-bond donors (Lipinski definition) is 1. The maximum absolute atomic E-state index is 9.41. The van der Waals surface area contributed by atoms with E-state index in [0.717, 1.165) is 28.4 Å². The molecule has 4 rings (SSSR count). The van der Waals surface area contributed by atoms with E-state index < -0.39 is 0 Å². The van der Waals surface area contributed by atoms with E-state index in [2.05, 4.69) is 35.3 Å². The molecule has 4 heteroatoms. The second kappa shape index (κ2) is 6.87. The summed E-state index contributed by atoms with van der Waals surface area (Å²) in [6.45, 7) is 0. The third-order valence-electron chi connectivity index (χ3n) is 3.96. The molecule has 25 heavy (non-hydrogen) atoms. The minimum Gasteiger partial charge on any atom is -0.508 e. The second-order valence-corrected chi connectivity index (χ2v) is 6.65. The maximum Gasteiger partial charge on any atom is 0.142 e. The van der Waals surface area contributed by atoms with Crippen molar-refractivity contribution in [1.29, 1.82) is 0 Å². The van der Waals surface area contributed by atoms with E-state index in [-0.39, 0.29) is 5.75 Å². The third kappa shape index (κ3) is 3.59. The van der Waals surface area contributed by atoms with Gasteiger partial charge in [-0.3, -0.25) is 4.98 Å². The number of rotatable bonds is 4. The average Bonchev–Trinajstić information content (AvgIpc) is 3.14. The highest BCUT2D eigenvalue weighted by molar-refractivity contribution is 7.13. The van der Waals surface area contributed by atoms with Gasteiger partial charge in [0.25, 0.3) is 0 Å². The van der Waals surface area contributed by atoms with Crippen LogP contribution in [0.3, 0.4) is 0 Å². The Labute approximate surface area is 150 Å². The SMILES string of the molecule is Oc1ccc(-c2csc(-c3cc(Cc4ccccc4)ccn3)n2)cc1. The Morgan fingerprint density at radius 1 is 0.840 bits per heavy atom. The number of nitrogens with zero attached hydrogens (tertiary/aromatic N) is 2. The summed E-state index contributed by atoms with van der Waals surface area (Å²) in [6.07, 6.45) is 2.72. The lowest BCUT2D eigenvalue weighted by molar-refractivity contribution is 0.475. The van der Waals surface area contributed by atoms with Crippen LogP contribution in [-0.4, -0.2) is 15.1 Å². The number of benzene rings is 2. The Bertz CT molecular complexity index is 978. The van der Waals surface area contributed by atoms with Gasteiger partial charge in [-0.25, -0.2) is 4.98 Å². The molecule has 2 aromatic carbocycles. The molecule has 0 radical (unpaired) electrons. The zero-order valence-corrected chi connectivity index (χ0v) is 14.3. The topological polar surface area (TPSA) is 46.0 Å². The summed E-state index contributed by atoms with van der Waals surface area (Å²) in [5.74, 6) is 0.259. The van der Waals surface area contributed by atoms with Crippen molar-refractivity contribution in [2.45, 2.75) is 6.42 Å². The number of pyridine rings is 1. The molecule has 0 saturated heterocycles. The highest BCUT2D eigenvalue weighted by Gasteiger charge is 2.09. The largest absolute Gasteiger partial charge is 0.508 e. The quantitative estimate of drug-likeness (QED) is 0.555. The first-order valence-electron chi connectivity index (χ1n) is 8.02. The minimum absolute atomic E-state index is 0.259. The van der Waals surface area contributed by atoms with E-state index in [1.54, 1.807) is 23.5 Å². The van der Waals surface area contributed by atoms with E-state index in [1.165, 1.54) is 11.1 Å². The fourth-order valence-electron chi connectivity index (χ4n) is 2.69. The van der Waals surface area contributed by atoms with Gasteiger partial charge < -0.3 is 5.11 Å². The van der Waals surface area contributed by atoms with Gasteiger partial charge in [0.2, 0.25) is 0 Å². The molecule has 0 saturated carbocycles. The van der Waals surface area contributed by atoms with E-state index in [9.17, 15) is 5.11 Å². The van der Waals surface area contributed by atoms with Gasteiger partial charge in [-0.1, -0.05) is 30.3 Å². The number of phenolic OH excluding ortho intramolecular Hbond substituents is 1. The van der Waals surface area contributed by atoms with Gasteiger partial charge in [-0.05, 0) is 53.9 Å². The van der Waals surface area contributed by atoms with Crippen LogP contribution in [0.1, 0.15) is 11.1 Å². The molecule has 2 aromatic heterocycles. The van der Waals surface area contributed by atoms with E-state index in [0.29, 0.717) is 0 Å². The van der Waals surface area contributed by atoms with Crippen LogP contribution in [0.5, 0.6) is 5.75 Å². The van der Waals surface area contributed by atoms with Crippen LogP contribution >= 0.6 is 11.3 Å². The molecular weight excluding hydrogens is 328 g/mol. The number of aromatic hydroxyl groups is 1. The lowest BCUT2D eigenvalue weighted by Gasteiger charge is -2.03. The molecule has 0 aliphatic heterocycles. The monoisotopic (exact) mass is 344 g/mol. The second-order valence-electron chi connectivity index (χ2n) is 5.80. The molecule has 0 atom stereocenters. The van der Waals surface area contributed by atoms with Crippen molar-refractivity contribution in [3.8, 4) is 27.7 Å². The van der Waals surface area contributed by atoms with Crippen LogP contribution in [-0.2, 0) is 6.42 Å². The van der Waals surface area contributed by atoms with Gasteiger partial charge in [0, 0.05) is 17.1 Å². The maximum atomic E-state index is 9.41. The van der Waals surface area contributed by atoms with E-state index >= 15 is 0 Å². The molecule has 2 heterocycles. The zero-order chi connectivity index (χ0) is 17.1. The Morgan fingerprint density at radius 2 is 1.64 bits per heavy atom. The van der Waals surface area contributed by atoms with Crippen molar-refractivity contribution in [1.82, 2.24) is 9.97 Å². The van der Waals surface area contributed by atoms with Crippen LogP contribution in [0.15, 0.2) is 78.3 Å². The smallest absolute Gasteiger partial charge is 0.142 e. The molecule has 0 bridgehead atoms. The van der Waals surface area contributed by atoms with E-state index in [4.69, 9.17) is 4.98 Å². The van der Waals surface area contributed by atoms with Gasteiger partial charge in [0.05, 0.1) is 11.4 Å². The molecule has 0 spiro atoms. The first-order chi connectivity index (χ1) is 12.3. The fourth-order valence-corrected chi connectivity index (χ4v) is 3.48. The van der Waals surface area contributed by atoms with Crippen molar-refractivity contribution in [3.05, 3.63) is 89.4 Å². The summed E-state index contributed by atoms with van der Waals surface area (Å²) in [5, 5.41) is 12.3. The van der Waals surface area contributed by atoms with Crippen molar-refractivity contribution in [2.75, 3.05) is 0 Å². The molecule has 0 fully saturated rings. The zero-order valence-electron chi connectivity index (χ0n) is 13.5. The van der Waals surface area contributed by atoms with Crippen molar-refractivity contribution in [3.63, 3.8) is 0 Å². The summed E-state index contributed by atoms with van der Waals surface area (Å²) in [7, 11) is 0. The number of thiazole rings is 1. The molecule has 122 valence electrons. The fraction of sp³-hybridized carbons (Fsp3) is 0.0476. The molecule has 1 N–H and O–H groups in total. The third-order valence-corrected chi connectivity index (χ3v) is 4.83. The van der Waals surface area contributed by atoms with Gasteiger partial charge in [0.15, 0.2) is 0 Å². The normalized spacial score (nSPS) is 10.7. The number of hydrogen-bond acceptors (Lipinski definition) is 4. The molecule has 0 aliphatic carbocycles. The number of phenols is 1. The Hall–Kier alpha value is -2.98. The average molecular weight is 344 g/mol. The van der Waals surface area contributed by atoms with Crippen LogP contribution in [0, 0.1) is 0 Å². The van der Waals surface area contributed by atoms with Crippen LogP contribution < -0.4 is 0 Å². The molecule has 0 amide bonds. The van der Waals surface area contributed by atoms with Crippen molar-refractivity contribution < 1.29 is 5.11 Å². The Balaban J connectivity index is 1.60. The van der Waals surface area contributed by atoms with Gasteiger partial charge >= 0.3 is 0 Å². The first-order valence-corrected chi connectivity index (χ1v) is 8.90. The molecule has 4 aromatic rings. The molecule has 0 aliphatic rings. The number of aromatic nitrogens is 2. The lowest BCUT2D eigenvalue weighted by atomic mass is 10.1. The summed E-state index contributed by atoms with van der Waals surface area (Å²) < 4.78 is 0. The highest BCUT2D eigenvalue weighted by Crippen LogP contribution is 2.29. The predicted molar refractivity (Wildman–Crippen MR) is 102 cm³/mol. The van der Waals surface area contributed by atoms with Crippen LogP contribution in [0.2, 0.25) is 0 Å². The van der Waals surface area contributed by atoms with Crippen LogP contribution in [0.4, 0.5) is 0 Å². The molecule has 0 unspecified atom stereocenters. The van der Waals surface area contributed by atoms with Gasteiger partial charge in [-0.15, -0.1) is 11.3 Å². The van der Waals surface area contributed by atoms with Gasteiger partial charge in [-0.2, -0.15) is 0 Å². The first kappa shape index (κ1) is 15.5. The van der Waals surface area contributed by atoms with Crippen LogP contribution in [0.25, 0.3) is 22.0 Å². The van der Waals surface area contributed by atoms with Gasteiger partial charge in [0.1, 0.15) is 10.8 Å². The Kier molecular flexibility index (Phi) is 4.27. The van der Waals surface area contributed by atoms with E-state index in [1.807, 2.05) is 35.8 Å². The minimum atomic E-state index is 0.259.